The van der Waals surface area contributed by atoms with Crippen molar-refractivity contribution in [3.05, 3.63) is 35.4 Å². The molecule has 3 heteroatoms. The number of aryl methyl sites for hydroxylation is 1. The Balaban J connectivity index is 2.32. The Bertz CT molecular complexity index is 410. The van der Waals surface area contributed by atoms with E-state index in [1.54, 1.807) is 7.05 Å². The lowest BCUT2D eigenvalue weighted by molar-refractivity contribution is 0.203. The smallest absolute Gasteiger partial charge is 0.410 e. The summed E-state index contributed by atoms with van der Waals surface area (Å²) in [6.07, 6.45) is 5.74. The van der Waals surface area contributed by atoms with E-state index in [1.165, 1.54) is 5.56 Å². The third-order valence-electron chi connectivity index (χ3n) is 2.43. The van der Waals surface area contributed by atoms with Crippen LogP contribution in [0.1, 0.15) is 17.5 Å². The molecule has 1 N–H and O–H groups in total. The number of amides is 1. The van der Waals surface area contributed by atoms with Gasteiger partial charge in [0.25, 0.3) is 0 Å². The van der Waals surface area contributed by atoms with Gasteiger partial charge in [-0.1, -0.05) is 24.3 Å². The van der Waals surface area contributed by atoms with E-state index in [0.29, 0.717) is 5.75 Å². The van der Waals surface area contributed by atoms with Gasteiger partial charge in [-0.3, -0.25) is 0 Å². The van der Waals surface area contributed by atoms with Gasteiger partial charge in [-0.15, -0.1) is 0 Å². The predicted octanol–water partition coefficient (Wildman–Crippen LogP) is 2.36. The van der Waals surface area contributed by atoms with Crippen molar-refractivity contribution < 1.29 is 9.53 Å². The monoisotopic (exact) mass is 203 g/mol. The van der Waals surface area contributed by atoms with Crippen LogP contribution in [0.3, 0.4) is 0 Å². The van der Waals surface area contributed by atoms with Gasteiger partial charge < -0.3 is 10.1 Å². The van der Waals surface area contributed by atoms with Gasteiger partial charge >= 0.3 is 6.09 Å². The maximum Gasteiger partial charge on any atom is 0.412 e. The van der Waals surface area contributed by atoms with Crippen LogP contribution in [0.4, 0.5) is 4.79 Å². The van der Waals surface area contributed by atoms with E-state index in [-0.39, 0.29) is 0 Å². The van der Waals surface area contributed by atoms with E-state index >= 15 is 0 Å². The van der Waals surface area contributed by atoms with E-state index in [4.69, 9.17) is 4.74 Å². The molecule has 1 aliphatic rings. The molecule has 78 valence electrons. The molecule has 0 saturated carbocycles. The molecule has 2 rings (SSSR count). The fraction of sp³-hybridized carbons (Fsp3) is 0.250. The molecule has 0 bridgehead atoms. The van der Waals surface area contributed by atoms with Crippen molar-refractivity contribution in [3.63, 3.8) is 0 Å². The molecule has 15 heavy (non-hydrogen) atoms. The second kappa shape index (κ2) is 4.17. The third-order valence-corrected chi connectivity index (χ3v) is 2.43. The molecule has 0 heterocycles. The number of fused-ring (bicyclic) bond motifs is 1. The highest BCUT2D eigenvalue weighted by Gasteiger charge is 2.11. The number of nitrogens with one attached hydrogen (secondary N) is 1. The van der Waals surface area contributed by atoms with E-state index in [1.807, 2.05) is 18.2 Å². The lowest BCUT2D eigenvalue weighted by Gasteiger charge is -2.14. The van der Waals surface area contributed by atoms with Gasteiger partial charge in [0.1, 0.15) is 5.75 Å². The molecule has 0 aromatic heterocycles. The number of carbonyl (C=O) groups excluding carboxylic acids is 1. The predicted molar refractivity (Wildman–Crippen MR) is 58.9 cm³/mol. The molecule has 1 aromatic rings. The number of carbonyl (C=O) groups is 1. The molecule has 0 fully saturated rings. The summed E-state index contributed by atoms with van der Waals surface area (Å²) >= 11 is 0. The second-order valence-corrected chi connectivity index (χ2v) is 3.41. The maximum atomic E-state index is 11.1. The average Bonchev–Trinajstić information content (AvgIpc) is 2.29. The lowest BCUT2D eigenvalue weighted by Crippen LogP contribution is -2.22. The molecular weight excluding hydrogens is 190 g/mol. The van der Waals surface area contributed by atoms with Gasteiger partial charge in [0.2, 0.25) is 0 Å². The van der Waals surface area contributed by atoms with Crippen molar-refractivity contribution >= 4 is 12.2 Å². The summed E-state index contributed by atoms with van der Waals surface area (Å²) in [5.41, 5.74) is 2.26. The Kier molecular flexibility index (Phi) is 2.72. The molecule has 0 aliphatic heterocycles. The van der Waals surface area contributed by atoms with Crippen molar-refractivity contribution in [1.29, 1.82) is 0 Å². The zero-order chi connectivity index (χ0) is 10.7. The first-order valence-electron chi connectivity index (χ1n) is 4.99. The Morgan fingerprint density at radius 2 is 2.33 bits per heavy atom. The van der Waals surface area contributed by atoms with Crippen LogP contribution < -0.4 is 10.1 Å². The largest absolute Gasteiger partial charge is 0.412 e. The van der Waals surface area contributed by atoms with Crippen molar-refractivity contribution in [1.82, 2.24) is 5.32 Å². The van der Waals surface area contributed by atoms with Gasteiger partial charge in [-0.25, -0.2) is 4.79 Å². The van der Waals surface area contributed by atoms with E-state index in [0.717, 1.165) is 18.4 Å². The van der Waals surface area contributed by atoms with Crippen LogP contribution in [0.2, 0.25) is 0 Å². The van der Waals surface area contributed by atoms with Gasteiger partial charge in [0.15, 0.2) is 0 Å². The normalized spacial score (nSPS) is 13.1. The minimum Gasteiger partial charge on any atom is -0.410 e. The molecule has 1 amide bonds. The average molecular weight is 203 g/mol. The summed E-state index contributed by atoms with van der Waals surface area (Å²) in [5, 5.41) is 2.44. The Labute approximate surface area is 88.8 Å². The highest BCUT2D eigenvalue weighted by molar-refractivity contribution is 5.73. The van der Waals surface area contributed by atoms with Gasteiger partial charge in [-0.05, 0) is 24.5 Å². The van der Waals surface area contributed by atoms with Crippen LogP contribution in [-0.4, -0.2) is 13.1 Å². The zero-order valence-corrected chi connectivity index (χ0v) is 8.62. The quantitative estimate of drug-likeness (QED) is 0.760. The standard InChI is InChI=1S/C12H13NO2/c1-13-12(14)15-11-8-4-6-9-5-2-3-7-10(9)11/h3-4,6-8H,2,5H2,1H3,(H,13,14). The summed E-state index contributed by atoms with van der Waals surface area (Å²) < 4.78 is 5.16. The molecular formula is C12H13NO2. The minimum atomic E-state index is -0.428. The molecule has 0 spiro atoms. The van der Waals surface area contributed by atoms with Crippen LogP contribution in [-0.2, 0) is 6.42 Å². The van der Waals surface area contributed by atoms with E-state index < -0.39 is 6.09 Å². The maximum absolute atomic E-state index is 11.1. The topological polar surface area (TPSA) is 38.3 Å². The molecule has 0 atom stereocenters. The van der Waals surface area contributed by atoms with Gasteiger partial charge in [0, 0.05) is 12.6 Å². The fourth-order valence-corrected chi connectivity index (χ4v) is 1.68. The van der Waals surface area contributed by atoms with Crippen molar-refractivity contribution in [2.75, 3.05) is 7.05 Å². The number of hydrogen-bond acceptors (Lipinski definition) is 2. The molecule has 0 unspecified atom stereocenters. The minimum absolute atomic E-state index is 0.428. The van der Waals surface area contributed by atoms with Crippen LogP contribution in [0, 0.1) is 0 Å². The number of allylic oxidation sites excluding steroid dienone is 1. The number of rotatable bonds is 1. The van der Waals surface area contributed by atoms with E-state index in [2.05, 4.69) is 17.5 Å². The number of benzene rings is 1. The molecule has 0 radical (unpaired) electrons. The van der Waals surface area contributed by atoms with Crippen LogP contribution in [0.25, 0.3) is 6.08 Å². The lowest BCUT2D eigenvalue weighted by atomic mass is 9.97. The van der Waals surface area contributed by atoms with Crippen LogP contribution in [0.5, 0.6) is 5.75 Å². The Morgan fingerprint density at radius 1 is 1.47 bits per heavy atom. The van der Waals surface area contributed by atoms with Crippen LogP contribution >= 0.6 is 0 Å². The summed E-state index contributed by atoms with van der Waals surface area (Å²) in [4.78, 5) is 11.1. The number of ether oxygens (including phenoxy) is 1. The van der Waals surface area contributed by atoms with Crippen molar-refractivity contribution in [2.45, 2.75) is 12.8 Å². The highest BCUT2D eigenvalue weighted by Crippen LogP contribution is 2.28. The summed E-state index contributed by atoms with van der Waals surface area (Å²) in [6.45, 7) is 0. The summed E-state index contributed by atoms with van der Waals surface area (Å²) in [6, 6.07) is 5.79. The van der Waals surface area contributed by atoms with E-state index in [9.17, 15) is 4.79 Å². The first-order chi connectivity index (χ1) is 7.31. The van der Waals surface area contributed by atoms with Crippen LogP contribution in [0.15, 0.2) is 24.3 Å². The Morgan fingerprint density at radius 3 is 3.13 bits per heavy atom. The first-order valence-corrected chi connectivity index (χ1v) is 4.99. The number of hydrogen-bond donors (Lipinski definition) is 1. The molecule has 1 aliphatic carbocycles. The summed E-state index contributed by atoms with van der Waals surface area (Å²) in [7, 11) is 1.55. The SMILES string of the molecule is CNC(=O)Oc1cccc2c1C=CCC2. The van der Waals surface area contributed by atoms with Crippen molar-refractivity contribution in [3.8, 4) is 5.75 Å². The third kappa shape index (κ3) is 2.01. The second-order valence-electron chi connectivity index (χ2n) is 3.41. The first kappa shape index (κ1) is 9.77. The molecule has 3 nitrogen and oxygen atoms in total. The molecule has 0 saturated heterocycles. The van der Waals surface area contributed by atoms with Crippen molar-refractivity contribution in [2.24, 2.45) is 0 Å². The fourth-order valence-electron chi connectivity index (χ4n) is 1.68. The Hall–Kier alpha value is -1.77. The highest BCUT2D eigenvalue weighted by atomic mass is 16.6. The molecule has 1 aromatic carbocycles. The van der Waals surface area contributed by atoms with Gasteiger partial charge in [0.05, 0.1) is 0 Å². The van der Waals surface area contributed by atoms with Gasteiger partial charge in [-0.2, -0.15) is 0 Å². The zero-order valence-electron chi connectivity index (χ0n) is 8.62. The summed E-state index contributed by atoms with van der Waals surface area (Å²) in [5.74, 6) is 0.628.